The second-order valence-electron chi connectivity index (χ2n) is 7.61. The van der Waals surface area contributed by atoms with Crippen molar-refractivity contribution in [2.24, 2.45) is 0 Å². The molecule has 5 rings (SSSR count). The molecule has 1 N–H and O–H groups in total. The van der Waals surface area contributed by atoms with E-state index >= 15 is 0 Å². The van der Waals surface area contributed by atoms with Gasteiger partial charge in [0.25, 0.3) is 5.91 Å². The number of imidazole rings is 1. The van der Waals surface area contributed by atoms with Crippen molar-refractivity contribution in [3.8, 4) is 5.88 Å². The lowest BCUT2D eigenvalue weighted by molar-refractivity contribution is 0.0735. The van der Waals surface area contributed by atoms with E-state index in [0.29, 0.717) is 23.1 Å². The number of amides is 1. The van der Waals surface area contributed by atoms with Gasteiger partial charge in [0.1, 0.15) is 17.3 Å². The smallest absolute Gasteiger partial charge is 0.264 e. The molecule has 4 aromatic rings. The molecule has 1 aliphatic heterocycles. The molecule has 0 bridgehead atoms. The van der Waals surface area contributed by atoms with Gasteiger partial charge in [-0.1, -0.05) is 12.1 Å². The van der Waals surface area contributed by atoms with Gasteiger partial charge in [0.15, 0.2) is 5.82 Å². The van der Waals surface area contributed by atoms with Crippen molar-refractivity contribution in [3.63, 3.8) is 0 Å². The van der Waals surface area contributed by atoms with E-state index in [1.807, 2.05) is 36.1 Å². The third kappa shape index (κ3) is 3.34. The Labute approximate surface area is 183 Å². The number of likely N-dealkylation sites (tertiary alicyclic amines) is 1. The normalized spacial score (nSPS) is 16.5. The van der Waals surface area contributed by atoms with Crippen LogP contribution in [0.1, 0.15) is 45.8 Å². The molecule has 0 spiro atoms. The molecule has 1 atom stereocenters. The van der Waals surface area contributed by atoms with Crippen LogP contribution >= 0.6 is 11.3 Å². The van der Waals surface area contributed by atoms with Crippen LogP contribution in [-0.2, 0) is 11.3 Å². The molecular weight excluding hydrogens is 414 g/mol. The first-order valence-corrected chi connectivity index (χ1v) is 11.0. The van der Waals surface area contributed by atoms with Crippen LogP contribution in [0, 0.1) is 6.92 Å². The number of thiophene rings is 1. The van der Waals surface area contributed by atoms with Crippen LogP contribution in [0.2, 0.25) is 0 Å². The Morgan fingerprint density at radius 2 is 2.10 bits per heavy atom. The Balaban J connectivity index is 1.53. The van der Waals surface area contributed by atoms with Crippen molar-refractivity contribution < 1.29 is 14.3 Å². The monoisotopic (exact) mass is 437 g/mol. The molecule has 1 amide bonds. The minimum absolute atomic E-state index is 0.00111. The van der Waals surface area contributed by atoms with Gasteiger partial charge in [-0.05, 0) is 37.5 Å². The van der Waals surface area contributed by atoms with Gasteiger partial charge in [-0.2, -0.15) is 4.98 Å². The van der Waals surface area contributed by atoms with Crippen molar-refractivity contribution >= 4 is 38.5 Å². The summed E-state index contributed by atoms with van der Waals surface area (Å²) in [5.41, 5.74) is 2.75. The fourth-order valence-corrected chi connectivity index (χ4v) is 5.39. The number of ether oxygens (including phenoxy) is 2. The second-order valence-corrected chi connectivity index (χ2v) is 8.61. The maximum absolute atomic E-state index is 13.6. The van der Waals surface area contributed by atoms with Crippen molar-refractivity contribution in [1.82, 2.24) is 24.8 Å². The van der Waals surface area contributed by atoms with Crippen molar-refractivity contribution in [1.29, 1.82) is 0 Å². The zero-order chi connectivity index (χ0) is 21.5. The molecule has 160 valence electrons. The van der Waals surface area contributed by atoms with E-state index in [0.717, 1.165) is 45.5 Å². The van der Waals surface area contributed by atoms with Gasteiger partial charge < -0.3 is 19.4 Å². The highest BCUT2D eigenvalue weighted by Crippen LogP contribution is 2.39. The molecule has 0 saturated carbocycles. The van der Waals surface area contributed by atoms with Crippen molar-refractivity contribution in [3.05, 3.63) is 46.4 Å². The number of aryl methyl sites for hydroxylation is 1. The number of aromatic nitrogens is 4. The maximum Gasteiger partial charge on any atom is 0.264 e. The summed E-state index contributed by atoms with van der Waals surface area (Å²) >= 11 is 1.38. The minimum Gasteiger partial charge on any atom is -0.480 e. The second kappa shape index (κ2) is 7.90. The van der Waals surface area contributed by atoms with Crippen molar-refractivity contribution in [2.75, 3.05) is 20.8 Å². The largest absolute Gasteiger partial charge is 0.480 e. The first kappa shape index (κ1) is 19.9. The molecule has 4 heterocycles. The lowest BCUT2D eigenvalue weighted by Crippen LogP contribution is -2.30. The Bertz CT molecular complexity index is 1250. The van der Waals surface area contributed by atoms with Crippen LogP contribution in [0.3, 0.4) is 0 Å². The summed E-state index contributed by atoms with van der Waals surface area (Å²) in [7, 11) is 3.18. The predicted molar refractivity (Wildman–Crippen MR) is 119 cm³/mol. The van der Waals surface area contributed by atoms with E-state index < -0.39 is 0 Å². The molecule has 1 aliphatic rings. The third-order valence-corrected chi connectivity index (χ3v) is 6.87. The van der Waals surface area contributed by atoms with Crippen LogP contribution in [0.25, 0.3) is 21.3 Å². The number of rotatable bonds is 5. The number of hydrogen-bond donors (Lipinski definition) is 1. The molecule has 1 fully saturated rings. The van der Waals surface area contributed by atoms with Gasteiger partial charge in [0.2, 0.25) is 5.88 Å². The highest BCUT2D eigenvalue weighted by atomic mass is 32.1. The summed E-state index contributed by atoms with van der Waals surface area (Å²) in [5.74, 6) is 1.85. The van der Waals surface area contributed by atoms with E-state index in [2.05, 4.69) is 15.0 Å². The molecule has 1 aromatic carbocycles. The molecule has 3 aromatic heterocycles. The van der Waals surface area contributed by atoms with Gasteiger partial charge in [-0.25, -0.2) is 9.97 Å². The fourth-order valence-electron chi connectivity index (χ4n) is 4.24. The summed E-state index contributed by atoms with van der Waals surface area (Å²) < 4.78 is 10.7. The molecule has 0 radical (unpaired) electrons. The van der Waals surface area contributed by atoms with E-state index in [9.17, 15) is 4.79 Å². The first-order chi connectivity index (χ1) is 15.1. The zero-order valence-corrected chi connectivity index (χ0v) is 18.5. The lowest BCUT2D eigenvalue weighted by atomic mass is 10.1. The topological polar surface area (TPSA) is 93.2 Å². The number of benzene rings is 1. The van der Waals surface area contributed by atoms with Crippen LogP contribution in [0.4, 0.5) is 0 Å². The highest BCUT2D eigenvalue weighted by molar-refractivity contribution is 7.20. The predicted octanol–water partition coefficient (Wildman–Crippen LogP) is 4.01. The number of para-hydroxylation sites is 2. The average Bonchev–Trinajstić information content (AvgIpc) is 3.49. The number of fused-ring (bicyclic) bond motifs is 2. The molecule has 8 nitrogen and oxygen atoms in total. The lowest BCUT2D eigenvalue weighted by Gasteiger charge is -2.23. The van der Waals surface area contributed by atoms with Crippen LogP contribution in [-0.4, -0.2) is 51.5 Å². The molecule has 0 aliphatic carbocycles. The number of nitrogens with zero attached hydrogens (tertiary/aromatic N) is 4. The highest BCUT2D eigenvalue weighted by Gasteiger charge is 2.35. The molecule has 31 heavy (non-hydrogen) atoms. The van der Waals surface area contributed by atoms with Gasteiger partial charge in [-0.15, -0.1) is 11.3 Å². The SMILES string of the molecule is COCc1nc(OC)c2c(C)c(C(=O)N3CCCC3c3nc4ccccc4[nH]3)sc2n1. The van der Waals surface area contributed by atoms with Gasteiger partial charge >= 0.3 is 0 Å². The van der Waals surface area contributed by atoms with E-state index in [-0.39, 0.29) is 18.6 Å². The van der Waals surface area contributed by atoms with Crippen LogP contribution < -0.4 is 4.74 Å². The Morgan fingerprint density at radius 1 is 1.26 bits per heavy atom. The number of aromatic amines is 1. The standard InChI is InChI=1S/C22H23N5O3S/c1-12-17-20(30-3)25-16(11-29-2)26-21(17)31-18(12)22(28)27-10-6-9-15(27)19-23-13-7-4-5-8-14(13)24-19/h4-5,7-8,15H,6,9-11H2,1-3H3,(H,23,24). The first-order valence-electron chi connectivity index (χ1n) is 10.2. The summed E-state index contributed by atoms with van der Waals surface area (Å²) in [6, 6.07) is 7.87. The van der Waals surface area contributed by atoms with Crippen LogP contribution in [0.5, 0.6) is 5.88 Å². The average molecular weight is 438 g/mol. The van der Waals surface area contributed by atoms with Crippen LogP contribution in [0.15, 0.2) is 24.3 Å². The minimum atomic E-state index is -0.0680. The molecular formula is C22H23N5O3S. The number of carbonyl (C=O) groups is 1. The number of hydrogen-bond acceptors (Lipinski definition) is 7. The Morgan fingerprint density at radius 3 is 2.87 bits per heavy atom. The third-order valence-electron chi connectivity index (χ3n) is 5.70. The summed E-state index contributed by atoms with van der Waals surface area (Å²) in [4.78, 5) is 34.1. The maximum atomic E-state index is 13.6. The molecule has 1 unspecified atom stereocenters. The van der Waals surface area contributed by atoms with E-state index in [4.69, 9.17) is 14.5 Å². The summed E-state index contributed by atoms with van der Waals surface area (Å²) in [5, 5.41) is 0.787. The molecule has 1 saturated heterocycles. The number of carbonyl (C=O) groups excluding carboxylic acids is 1. The molecule has 9 heteroatoms. The Kier molecular flexibility index (Phi) is 5.07. The summed E-state index contributed by atoms with van der Waals surface area (Å²) in [6.45, 7) is 2.92. The summed E-state index contributed by atoms with van der Waals surface area (Å²) in [6.07, 6.45) is 1.83. The fraction of sp³-hybridized carbons (Fsp3) is 0.364. The van der Waals surface area contributed by atoms with Gasteiger partial charge in [0, 0.05) is 13.7 Å². The van der Waals surface area contributed by atoms with Gasteiger partial charge in [-0.3, -0.25) is 4.79 Å². The Hall–Kier alpha value is -3.04. The van der Waals surface area contributed by atoms with Crippen molar-refractivity contribution in [2.45, 2.75) is 32.4 Å². The van der Waals surface area contributed by atoms with E-state index in [1.54, 1.807) is 14.2 Å². The number of nitrogens with one attached hydrogen (secondary N) is 1. The quantitative estimate of drug-likeness (QED) is 0.507. The van der Waals surface area contributed by atoms with Gasteiger partial charge in [0.05, 0.1) is 34.4 Å². The zero-order valence-electron chi connectivity index (χ0n) is 17.6. The number of H-pyrrole nitrogens is 1. The number of methoxy groups -OCH3 is 2. The van der Waals surface area contributed by atoms with E-state index in [1.165, 1.54) is 11.3 Å².